The van der Waals surface area contributed by atoms with Crippen LogP contribution in [0.4, 0.5) is 0 Å². The van der Waals surface area contributed by atoms with E-state index in [1.54, 1.807) is 0 Å². The number of hydrogen-bond acceptors (Lipinski definition) is 0. The molecule has 0 bridgehead atoms. The van der Waals surface area contributed by atoms with Crippen LogP contribution in [-0.2, 0) is 52.9 Å². The van der Waals surface area contributed by atoms with E-state index in [-0.39, 0.29) is 73.1 Å². The number of halogens is 3. The average molecular weight is 842 g/mol. The Bertz CT molecular complexity index is 1560. The maximum Gasteiger partial charge on any atom is -1.00 e. The van der Waals surface area contributed by atoms with Crippen LogP contribution in [0, 0.1) is 0 Å². The van der Waals surface area contributed by atoms with Gasteiger partial charge in [-0.3, -0.25) is 0 Å². The Morgan fingerprint density at radius 3 is 0.815 bits per heavy atom. The topological polar surface area (TPSA) is 0 Å². The van der Waals surface area contributed by atoms with E-state index < -0.39 is 8.07 Å². The number of benzene rings is 3. The minimum atomic E-state index is -3.00. The van der Waals surface area contributed by atoms with Crippen molar-refractivity contribution >= 4 is 23.6 Å². The van der Waals surface area contributed by atoms with Gasteiger partial charge in [-0.25, -0.2) is 0 Å². The third-order valence-corrected chi connectivity index (χ3v) is 18.6. The van der Waals surface area contributed by atoms with Crippen molar-refractivity contribution in [2.45, 2.75) is 174 Å². The SMILES string of the molecule is CCC1=C[C]([Ti+3])([Si](c2cc(C(C)(C)C)cc(C(C)(C)C)c2)(c2cc(C(C)(C)C)cc(C(C)(C)C)c2)c2cc(C(C)(C)C)cc(C(C)(C)C)c2)C=C1.[Cl-].[Cl-].[Cl-]. The van der Waals surface area contributed by atoms with Crippen molar-refractivity contribution < 1.29 is 57.7 Å². The fraction of sp³-hybridized carbons (Fsp3) is 0.551. The molecule has 1 atom stereocenters. The largest absolute Gasteiger partial charge is 1.00 e. The van der Waals surface area contributed by atoms with E-state index in [1.165, 1.54) is 54.5 Å². The van der Waals surface area contributed by atoms with E-state index in [2.05, 4.69) is 225 Å². The van der Waals surface area contributed by atoms with E-state index in [0.717, 1.165) is 6.42 Å². The molecule has 1 unspecified atom stereocenters. The molecule has 1 aliphatic carbocycles. The zero-order chi connectivity index (χ0) is 39.0. The van der Waals surface area contributed by atoms with Gasteiger partial charge in [-0.15, -0.1) is 0 Å². The van der Waals surface area contributed by atoms with Crippen LogP contribution < -0.4 is 52.8 Å². The summed E-state index contributed by atoms with van der Waals surface area (Å²) < 4.78 is -0.207. The monoisotopic (exact) mass is 840 g/mol. The van der Waals surface area contributed by atoms with E-state index in [9.17, 15) is 0 Å². The molecule has 0 fully saturated rings. The van der Waals surface area contributed by atoms with Gasteiger partial charge in [0.2, 0.25) is 0 Å². The quantitative estimate of drug-likeness (QED) is 0.274. The van der Waals surface area contributed by atoms with Crippen molar-refractivity contribution in [3.8, 4) is 0 Å². The van der Waals surface area contributed by atoms with Crippen molar-refractivity contribution in [1.29, 1.82) is 0 Å². The molecule has 0 nitrogen and oxygen atoms in total. The third kappa shape index (κ3) is 10.3. The number of hydrogen-bond donors (Lipinski definition) is 0. The summed E-state index contributed by atoms with van der Waals surface area (Å²) >= 11 is 2.58. The van der Waals surface area contributed by atoms with Gasteiger partial charge in [0, 0.05) is 0 Å². The van der Waals surface area contributed by atoms with Gasteiger partial charge in [-0.05, 0) is 0 Å². The van der Waals surface area contributed by atoms with Gasteiger partial charge in [0.1, 0.15) is 0 Å². The van der Waals surface area contributed by atoms with Crippen LogP contribution >= 0.6 is 0 Å². The van der Waals surface area contributed by atoms with Crippen LogP contribution in [0.15, 0.2) is 78.4 Å². The minimum Gasteiger partial charge on any atom is -1.00 e. The summed E-state index contributed by atoms with van der Waals surface area (Å²) in [5.74, 6) is 0. The van der Waals surface area contributed by atoms with Gasteiger partial charge >= 0.3 is 330 Å². The first kappa shape index (κ1) is 51.0. The Hall–Kier alpha value is -1.06. The van der Waals surface area contributed by atoms with Crippen molar-refractivity contribution in [1.82, 2.24) is 0 Å². The summed E-state index contributed by atoms with van der Waals surface area (Å²) in [6.07, 6.45) is 8.79. The normalized spacial score (nSPS) is 17.0. The standard InChI is InChI=1S/C49H71Si.3ClH.Ti/c1-20-33-21-22-40(23-33)50(41-27-34(44(2,3)4)24-35(28-41)45(5,6)7,42-29-36(46(8,9)10)25-37(30-42)47(11,12)13)43-31-38(48(14,15)16)26-39(32-43)49(17,18)19;;;;/h21-32H,20H2,1-19H3;3*1H;/q;;;;+3/p-3. The second-order valence-electron chi connectivity index (χ2n) is 21.9. The molecule has 0 heterocycles. The number of rotatable bonds is 5. The Kier molecular flexibility index (Phi) is 15.7. The Labute approximate surface area is 364 Å². The summed E-state index contributed by atoms with van der Waals surface area (Å²) in [7, 11) is -3.00. The molecule has 296 valence electrons. The van der Waals surface area contributed by atoms with E-state index in [4.69, 9.17) is 0 Å². The number of allylic oxidation sites excluding steroid dienone is 4. The van der Waals surface area contributed by atoms with Crippen LogP contribution in [0.1, 0.15) is 171 Å². The second-order valence-corrected chi connectivity index (χ2v) is 28.1. The first-order valence-corrected chi connectivity index (χ1v) is 22.3. The van der Waals surface area contributed by atoms with Crippen LogP contribution in [0.25, 0.3) is 0 Å². The van der Waals surface area contributed by atoms with Gasteiger partial charge in [0.15, 0.2) is 0 Å². The molecule has 3 aromatic rings. The maximum atomic E-state index is 2.68. The van der Waals surface area contributed by atoms with Gasteiger partial charge in [-0.2, -0.15) is 0 Å². The minimum absolute atomic E-state index is 0. The van der Waals surface area contributed by atoms with Crippen molar-refractivity contribution in [3.05, 3.63) is 112 Å². The predicted octanol–water partition coefficient (Wildman–Crippen LogP) is 3.10. The molecular formula is C49H71Cl3SiTi. The molecule has 1 aliphatic rings. The van der Waals surface area contributed by atoms with Crippen molar-refractivity contribution in [3.63, 3.8) is 0 Å². The summed E-state index contributed by atoms with van der Waals surface area (Å²) in [5, 5.41) is 4.58. The molecule has 4 rings (SSSR count). The molecule has 3 aromatic carbocycles. The molecule has 0 amide bonds. The van der Waals surface area contributed by atoms with Crippen LogP contribution in [0.5, 0.6) is 0 Å². The van der Waals surface area contributed by atoms with E-state index in [0.29, 0.717) is 0 Å². The Balaban J connectivity index is 0.00000486. The third-order valence-electron chi connectivity index (χ3n) is 11.3. The summed E-state index contributed by atoms with van der Waals surface area (Å²) in [6.45, 7) is 45.4. The van der Waals surface area contributed by atoms with E-state index in [1.807, 2.05) is 0 Å². The van der Waals surface area contributed by atoms with Crippen LogP contribution in [0.3, 0.4) is 0 Å². The van der Waals surface area contributed by atoms with Crippen molar-refractivity contribution in [2.75, 3.05) is 0 Å². The molecule has 0 saturated carbocycles. The van der Waals surface area contributed by atoms with Gasteiger partial charge in [-0.1, -0.05) is 0 Å². The maximum absolute atomic E-state index is 3.00. The summed E-state index contributed by atoms with van der Waals surface area (Å²) in [4.78, 5) is 0. The fourth-order valence-corrected chi connectivity index (χ4v) is 15.3. The van der Waals surface area contributed by atoms with Gasteiger partial charge < -0.3 is 37.2 Å². The smallest absolute Gasteiger partial charge is 1.00 e. The van der Waals surface area contributed by atoms with Crippen molar-refractivity contribution in [2.24, 2.45) is 0 Å². The molecule has 0 radical (unpaired) electrons. The Morgan fingerprint density at radius 1 is 0.426 bits per heavy atom. The first-order chi connectivity index (χ1) is 22.8. The van der Waals surface area contributed by atoms with E-state index >= 15 is 0 Å². The first-order valence-electron chi connectivity index (χ1n) is 19.5. The van der Waals surface area contributed by atoms with Gasteiger partial charge in [0.25, 0.3) is 0 Å². The zero-order valence-electron chi connectivity index (χ0n) is 37.3. The van der Waals surface area contributed by atoms with Crippen LogP contribution in [-0.4, -0.2) is 8.07 Å². The molecule has 0 saturated heterocycles. The Morgan fingerprint density at radius 2 is 0.648 bits per heavy atom. The molecule has 0 N–H and O–H groups in total. The second kappa shape index (κ2) is 16.7. The van der Waals surface area contributed by atoms with Crippen LogP contribution in [0.2, 0.25) is 3.34 Å². The average Bonchev–Trinajstić information content (AvgIpc) is 3.36. The molecule has 54 heavy (non-hydrogen) atoms. The molecule has 0 spiro atoms. The molecule has 0 aliphatic heterocycles. The zero-order valence-corrected chi connectivity index (χ0v) is 42.1. The predicted molar refractivity (Wildman–Crippen MR) is 226 cm³/mol. The molecular weight excluding hydrogens is 771 g/mol. The molecule has 0 aromatic heterocycles. The van der Waals surface area contributed by atoms with Gasteiger partial charge in [0.05, 0.1) is 0 Å². The fourth-order valence-electron chi connectivity index (χ4n) is 7.43. The summed E-state index contributed by atoms with van der Waals surface area (Å²) in [6, 6.07) is 23.5. The summed E-state index contributed by atoms with van der Waals surface area (Å²) in [5.41, 5.74) is 10.0. The molecule has 5 heteroatoms.